The highest BCUT2D eigenvalue weighted by Crippen LogP contribution is 2.21. The Balaban J connectivity index is 2.32. The van der Waals surface area contributed by atoms with Crippen molar-refractivity contribution in [2.45, 2.75) is 0 Å². The lowest BCUT2D eigenvalue weighted by atomic mass is 10.2. The Hall–Kier alpha value is -1.76. The molecule has 0 unspecified atom stereocenters. The summed E-state index contributed by atoms with van der Waals surface area (Å²) in [7, 11) is 0. The number of nitrogen functional groups attached to an aromatic ring is 1. The van der Waals surface area contributed by atoms with Crippen molar-refractivity contribution in [1.29, 1.82) is 0 Å². The van der Waals surface area contributed by atoms with Gasteiger partial charge in [0.25, 0.3) is 10.9 Å². The number of pyridine rings is 1. The molecule has 0 bridgehead atoms. The van der Waals surface area contributed by atoms with Gasteiger partial charge in [0.05, 0.1) is 16.4 Å². The van der Waals surface area contributed by atoms with Crippen molar-refractivity contribution in [1.82, 2.24) is 4.98 Å². The molecule has 1 aromatic carbocycles. The third-order valence-electron chi connectivity index (χ3n) is 2.01. The SMILES string of the molecule is Nc1c(Nc2cnc(F)c(Br)c2)c(=O)c1=O. The molecule has 0 radical (unpaired) electrons. The fraction of sp³-hybridized carbons (Fsp3) is 0. The maximum Gasteiger partial charge on any atom is 0.253 e. The average molecular weight is 286 g/mol. The first kappa shape index (κ1) is 10.7. The Bertz CT molecular complexity index is 634. The summed E-state index contributed by atoms with van der Waals surface area (Å²) < 4.78 is 13.0. The molecule has 1 aromatic heterocycles. The third kappa shape index (κ3) is 1.58. The number of nitrogens with two attached hydrogens (primary N) is 1. The second-order valence-corrected chi connectivity index (χ2v) is 3.92. The van der Waals surface area contributed by atoms with Gasteiger partial charge in [0.1, 0.15) is 11.4 Å². The second kappa shape index (κ2) is 3.67. The van der Waals surface area contributed by atoms with Crippen LogP contribution < -0.4 is 21.9 Å². The third-order valence-corrected chi connectivity index (χ3v) is 2.57. The van der Waals surface area contributed by atoms with Crippen LogP contribution in [0, 0.1) is 5.95 Å². The van der Waals surface area contributed by atoms with Crippen LogP contribution in [0.4, 0.5) is 21.5 Å². The lowest BCUT2D eigenvalue weighted by molar-refractivity contribution is 0.577. The number of anilines is 3. The van der Waals surface area contributed by atoms with Gasteiger partial charge in [0.2, 0.25) is 5.95 Å². The Morgan fingerprint density at radius 3 is 2.62 bits per heavy atom. The van der Waals surface area contributed by atoms with Gasteiger partial charge in [-0.05, 0) is 22.0 Å². The summed E-state index contributed by atoms with van der Waals surface area (Å²) >= 11 is 2.94. The van der Waals surface area contributed by atoms with E-state index in [1.54, 1.807) is 0 Å². The van der Waals surface area contributed by atoms with Crippen molar-refractivity contribution in [3.63, 3.8) is 0 Å². The zero-order valence-electron chi connectivity index (χ0n) is 7.75. The second-order valence-electron chi connectivity index (χ2n) is 3.07. The van der Waals surface area contributed by atoms with Gasteiger partial charge >= 0.3 is 0 Å². The van der Waals surface area contributed by atoms with Gasteiger partial charge in [-0.25, -0.2) is 4.98 Å². The summed E-state index contributed by atoms with van der Waals surface area (Å²) in [5.41, 5.74) is 4.19. The predicted octanol–water partition coefficient (Wildman–Crippen LogP) is 0.905. The smallest absolute Gasteiger partial charge is 0.253 e. The van der Waals surface area contributed by atoms with Gasteiger partial charge in [-0.1, -0.05) is 0 Å². The predicted molar refractivity (Wildman–Crippen MR) is 60.9 cm³/mol. The molecule has 16 heavy (non-hydrogen) atoms. The highest BCUT2D eigenvalue weighted by molar-refractivity contribution is 9.10. The maximum atomic E-state index is 12.8. The van der Waals surface area contributed by atoms with E-state index in [-0.39, 0.29) is 15.8 Å². The normalized spacial score (nSPS) is 10.6. The number of nitrogens with one attached hydrogen (secondary N) is 1. The van der Waals surface area contributed by atoms with Crippen LogP contribution in [0.15, 0.2) is 26.3 Å². The molecule has 5 nitrogen and oxygen atoms in total. The Labute approximate surface area is 96.9 Å². The van der Waals surface area contributed by atoms with E-state index in [1.165, 1.54) is 12.3 Å². The molecule has 0 spiro atoms. The van der Waals surface area contributed by atoms with Crippen LogP contribution in [0.25, 0.3) is 0 Å². The number of halogens is 2. The van der Waals surface area contributed by atoms with E-state index in [0.29, 0.717) is 5.69 Å². The molecule has 0 aliphatic heterocycles. The van der Waals surface area contributed by atoms with Crippen molar-refractivity contribution < 1.29 is 4.39 Å². The number of hydrogen-bond acceptors (Lipinski definition) is 5. The summed E-state index contributed by atoms with van der Waals surface area (Å²) in [5, 5.41) is 2.60. The fourth-order valence-corrected chi connectivity index (χ4v) is 1.52. The van der Waals surface area contributed by atoms with Crippen molar-refractivity contribution in [3.8, 4) is 0 Å². The number of rotatable bonds is 2. The quantitative estimate of drug-likeness (QED) is 0.633. The first-order valence-corrected chi connectivity index (χ1v) is 4.97. The minimum atomic E-state index is -0.711. The van der Waals surface area contributed by atoms with E-state index in [9.17, 15) is 14.0 Å². The van der Waals surface area contributed by atoms with Crippen molar-refractivity contribution in [2.75, 3.05) is 11.1 Å². The van der Waals surface area contributed by atoms with Crippen LogP contribution in [0.5, 0.6) is 0 Å². The molecule has 0 saturated heterocycles. The molecule has 2 aromatic rings. The van der Waals surface area contributed by atoms with Crippen LogP contribution in [-0.2, 0) is 0 Å². The molecule has 0 amide bonds. The molecule has 7 heteroatoms. The summed E-state index contributed by atoms with van der Waals surface area (Å²) in [6.45, 7) is 0. The first-order valence-electron chi connectivity index (χ1n) is 4.17. The van der Waals surface area contributed by atoms with Crippen LogP contribution >= 0.6 is 15.9 Å². The standard InChI is InChI=1S/C9H5BrFN3O2/c10-4-1-3(2-13-9(4)11)14-6-5(12)7(15)8(6)16/h1-2,14H,12H2. The largest absolute Gasteiger partial charge is 0.394 e. The number of hydrogen-bond donors (Lipinski definition) is 2. The highest BCUT2D eigenvalue weighted by Gasteiger charge is 2.18. The van der Waals surface area contributed by atoms with Gasteiger partial charge in [-0.15, -0.1) is 0 Å². The van der Waals surface area contributed by atoms with E-state index in [1.807, 2.05) is 0 Å². The summed E-state index contributed by atoms with van der Waals surface area (Å²) in [6.07, 6.45) is 1.19. The van der Waals surface area contributed by atoms with Crippen molar-refractivity contribution >= 4 is 33.0 Å². The van der Waals surface area contributed by atoms with Crippen molar-refractivity contribution in [2.24, 2.45) is 0 Å². The van der Waals surface area contributed by atoms with E-state index >= 15 is 0 Å². The Morgan fingerprint density at radius 1 is 1.38 bits per heavy atom. The van der Waals surface area contributed by atoms with Gasteiger partial charge < -0.3 is 11.1 Å². The molecule has 3 N–H and O–H groups in total. The maximum absolute atomic E-state index is 12.8. The summed E-state index contributed by atoms with van der Waals surface area (Å²) in [4.78, 5) is 25.3. The molecule has 2 rings (SSSR count). The number of nitrogens with zero attached hydrogens (tertiary/aromatic N) is 1. The van der Waals surface area contributed by atoms with Gasteiger partial charge in [-0.3, -0.25) is 9.59 Å². The molecule has 0 atom stereocenters. The van der Waals surface area contributed by atoms with Crippen LogP contribution in [0.3, 0.4) is 0 Å². The Kier molecular flexibility index (Phi) is 2.47. The molecule has 0 aliphatic carbocycles. The fourth-order valence-electron chi connectivity index (χ4n) is 1.17. The van der Waals surface area contributed by atoms with E-state index in [2.05, 4.69) is 26.2 Å². The van der Waals surface area contributed by atoms with Gasteiger partial charge in [-0.2, -0.15) is 4.39 Å². The molecule has 0 saturated carbocycles. The average Bonchev–Trinajstić information content (AvgIpc) is 2.29. The highest BCUT2D eigenvalue weighted by atomic mass is 79.9. The summed E-state index contributed by atoms with van der Waals surface area (Å²) in [6, 6.07) is 1.39. The zero-order valence-corrected chi connectivity index (χ0v) is 9.34. The van der Waals surface area contributed by atoms with Crippen LogP contribution in [0.2, 0.25) is 0 Å². The van der Waals surface area contributed by atoms with Gasteiger partial charge in [0, 0.05) is 0 Å². The van der Waals surface area contributed by atoms with E-state index in [0.717, 1.165) is 0 Å². The molecule has 82 valence electrons. The molecular formula is C9H5BrFN3O2. The Morgan fingerprint density at radius 2 is 2.06 bits per heavy atom. The topological polar surface area (TPSA) is 85.1 Å². The van der Waals surface area contributed by atoms with E-state index in [4.69, 9.17) is 5.73 Å². The first-order chi connectivity index (χ1) is 7.50. The van der Waals surface area contributed by atoms with Crippen molar-refractivity contribution in [3.05, 3.63) is 43.1 Å². The van der Waals surface area contributed by atoms with Gasteiger partial charge in [0.15, 0.2) is 0 Å². The summed E-state index contributed by atoms with van der Waals surface area (Å²) in [5.74, 6) is -0.663. The van der Waals surface area contributed by atoms with Crippen LogP contribution in [-0.4, -0.2) is 4.98 Å². The number of aromatic nitrogens is 1. The monoisotopic (exact) mass is 285 g/mol. The zero-order chi connectivity index (χ0) is 11.9. The molecule has 0 fully saturated rings. The minimum Gasteiger partial charge on any atom is -0.394 e. The van der Waals surface area contributed by atoms with E-state index < -0.39 is 16.8 Å². The van der Waals surface area contributed by atoms with Crippen LogP contribution in [0.1, 0.15) is 0 Å². The molecular weight excluding hydrogens is 281 g/mol. The molecule has 1 heterocycles. The molecule has 0 aliphatic rings. The lowest BCUT2D eigenvalue weighted by Crippen LogP contribution is -2.36. The minimum absolute atomic E-state index is 0.0188. The lowest BCUT2D eigenvalue weighted by Gasteiger charge is -2.09.